The number of aryl methyl sites for hydroxylation is 1. The average Bonchev–Trinajstić information content (AvgIpc) is 2.50. The number of esters is 1. The maximum atomic E-state index is 11.7. The summed E-state index contributed by atoms with van der Waals surface area (Å²) in [6.07, 6.45) is 2.14. The lowest BCUT2D eigenvalue weighted by molar-refractivity contribution is 0.00701. The lowest BCUT2D eigenvalue weighted by Gasteiger charge is -2.18. The van der Waals surface area contributed by atoms with Crippen LogP contribution in [0, 0.1) is 0 Å². The molecule has 3 heteroatoms. The fourth-order valence-electron chi connectivity index (χ4n) is 1.20. The quantitative estimate of drug-likeness (QED) is 0.735. The summed E-state index contributed by atoms with van der Waals surface area (Å²) in [5, 5.41) is 1.87. The van der Waals surface area contributed by atoms with E-state index in [1.54, 1.807) is 11.3 Å². The molecule has 2 nitrogen and oxygen atoms in total. The van der Waals surface area contributed by atoms with E-state index in [0.717, 1.165) is 12.8 Å². The highest BCUT2D eigenvalue weighted by atomic mass is 32.1. The first-order chi connectivity index (χ1) is 6.92. The number of hydrogen-bond acceptors (Lipinski definition) is 3. The van der Waals surface area contributed by atoms with Crippen LogP contribution in [0.2, 0.25) is 0 Å². The summed E-state index contributed by atoms with van der Waals surface area (Å²) in [5.74, 6) is -0.221. The minimum absolute atomic E-state index is 0.221. The first kappa shape index (κ1) is 12.2. The standard InChI is InChI=1S/C12H18O2S/c1-5-6-10-7-9(8-15-10)11(13)14-12(2,3)4/h7-8H,5-6H2,1-4H3. The zero-order valence-corrected chi connectivity index (χ0v) is 10.6. The van der Waals surface area contributed by atoms with Crippen LogP contribution in [-0.4, -0.2) is 11.6 Å². The van der Waals surface area contributed by atoms with Crippen LogP contribution >= 0.6 is 11.3 Å². The Morgan fingerprint density at radius 2 is 2.13 bits per heavy atom. The first-order valence-electron chi connectivity index (χ1n) is 5.23. The fraction of sp³-hybridized carbons (Fsp3) is 0.583. The molecule has 0 saturated carbocycles. The molecule has 0 fully saturated rings. The number of carbonyl (C=O) groups is 1. The summed E-state index contributed by atoms with van der Waals surface area (Å²) in [5.41, 5.74) is 0.266. The molecule has 0 aliphatic heterocycles. The van der Waals surface area contributed by atoms with Crippen LogP contribution in [0.3, 0.4) is 0 Å². The second-order valence-corrected chi connectivity index (χ2v) is 5.55. The van der Waals surface area contributed by atoms with Crippen LogP contribution in [0.5, 0.6) is 0 Å². The summed E-state index contributed by atoms with van der Waals surface area (Å²) < 4.78 is 5.28. The minimum atomic E-state index is -0.413. The molecule has 1 aromatic heterocycles. The van der Waals surface area contributed by atoms with Crippen LogP contribution in [0.15, 0.2) is 11.4 Å². The Hall–Kier alpha value is -0.830. The molecule has 0 amide bonds. The number of hydrogen-bond donors (Lipinski definition) is 0. The molecule has 0 unspecified atom stereocenters. The Morgan fingerprint density at radius 1 is 1.47 bits per heavy atom. The van der Waals surface area contributed by atoms with Crippen molar-refractivity contribution in [2.45, 2.75) is 46.1 Å². The first-order valence-corrected chi connectivity index (χ1v) is 6.11. The van der Waals surface area contributed by atoms with E-state index in [0.29, 0.717) is 5.56 Å². The number of carbonyl (C=O) groups excluding carboxylic acids is 1. The van der Waals surface area contributed by atoms with E-state index in [4.69, 9.17) is 4.74 Å². The van der Waals surface area contributed by atoms with Gasteiger partial charge in [-0.25, -0.2) is 4.79 Å². The van der Waals surface area contributed by atoms with E-state index in [1.807, 2.05) is 32.2 Å². The molecule has 84 valence electrons. The molecule has 1 aromatic rings. The molecule has 1 rings (SSSR count). The van der Waals surface area contributed by atoms with E-state index in [-0.39, 0.29) is 5.97 Å². The maximum absolute atomic E-state index is 11.7. The van der Waals surface area contributed by atoms with Crippen molar-refractivity contribution in [2.75, 3.05) is 0 Å². The number of rotatable bonds is 3. The van der Waals surface area contributed by atoms with Gasteiger partial charge in [0.15, 0.2) is 0 Å². The predicted octanol–water partition coefficient (Wildman–Crippen LogP) is 3.66. The summed E-state index contributed by atoms with van der Waals surface area (Å²) in [6.45, 7) is 7.77. The molecule has 0 aliphatic carbocycles. The Labute approximate surface area is 95.3 Å². The molecule has 0 saturated heterocycles. The van der Waals surface area contributed by atoms with Gasteiger partial charge in [-0.2, -0.15) is 0 Å². The second kappa shape index (κ2) is 4.79. The summed E-state index contributed by atoms with van der Waals surface area (Å²) in [6, 6.07) is 1.93. The van der Waals surface area contributed by atoms with Crippen LogP contribution in [-0.2, 0) is 11.2 Å². The summed E-state index contributed by atoms with van der Waals surface area (Å²) in [4.78, 5) is 12.9. The van der Waals surface area contributed by atoms with E-state index in [9.17, 15) is 4.79 Å². The Morgan fingerprint density at radius 3 is 2.67 bits per heavy atom. The van der Waals surface area contributed by atoms with Crippen molar-refractivity contribution in [3.05, 3.63) is 21.9 Å². The topological polar surface area (TPSA) is 26.3 Å². The van der Waals surface area contributed by atoms with E-state index < -0.39 is 5.60 Å². The third-order valence-electron chi connectivity index (χ3n) is 1.78. The van der Waals surface area contributed by atoms with Gasteiger partial charge in [-0.05, 0) is 33.3 Å². The molecule has 0 bridgehead atoms. The zero-order chi connectivity index (χ0) is 11.5. The van der Waals surface area contributed by atoms with Crippen LogP contribution in [0.4, 0.5) is 0 Å². The monoisotopic (exact) mass is 226 g/mol. The lowest BCUT2D eigenvalue weighted by atomic mass is 10.2. The van der Waals surface area contributed by atoms with Gasteiger partial charge >= 0.3 is 5.97 Å². The van der Waals surface area contributed by atoms with Crippen LogP contribution in [0.1, 0.15) is 49.4 Å². The van der Waals surface area contributed by atoms with Crippen molar-refractivity contribution in [3.63, 3.8) is 0 Å². The highest BCUT2D eigenvalue weighted by Crippen LogP contribution is 2.19. The molecular formula is C12H18O2S. The van der Waals surface area contributed by atoms with Crippen molar-refractivity contribution in [2.24, 2.45) is 0 Å². The Kier molecular flexibility index (Phi) is 3.91. The SMILES string of the molecule is CCCc1cc(C(=O)OC(C)(C)C)cs1. The van der Waals surface area contributed by atoms with E-state index in [1.165, 1.54) is 4.88 Å². The van der Waals surface area contributed by atoms with Crippen LogP contribution < -0.4 is 0 Å². The number of ether oxygens (including phenoxy) is 1. The third-order valence-corrected chi connectivity index (χ3v) is 2.78. The van der Waals surface area contributed by atoms with Gasteiger partial charge in [0, 0.05) is 10.3 Å². The molecule has 15 heavy (non-hydrogen) atoms. The van der Waals surface area contributed by atoms with Crippen molar-refractivity contribution in [1.29, 1.82) is 0 Å². The molecule has 0 N–H and O–H groups in total. The van der Waals surface area contributed by atoms with Gasteiger partial charge < -0.3 is 4.74 Å². The molecule has 0 spiro atoms. The van der Waals surface area contributed by atoms with Crippen molar-refractivity contribution >= 4 is 17.3 Å². The van der Waals surface area contributed by atoms with Gasteiger partial charge in [0.2, 0.25) is 0 Å². The fourth-order valence-corrected chi connectivity index (χ4v) is 2.16. The van der Waals surface area contributed by atoms with Crippen LogP contribution in [0.25, 0.3) is 0 Å². The Balaban J connectivity index is 2.66. The minimum Gasteiger partial charge on any atom is -0.456 e. The molecule has 0 aromatic carbocycles. The Bertz CT molecular complexity index is 334. The van der Waals surface area contributed by atoms with Gasteiger partial charge in [0.1, 0.15) is 5.60 Å². The maximum Gasteiger partial charge on any atom is 0.339 e. The second-order valence-electron chi connectivity index (χ2n) is 4.55. The highest BCUT2D eigenvalue weighted by Gasteiger charge is 2.18. The summed E-state index contributed by atoms with van der Waals surface area (Å²) >= 11 is 1.63. The van der Waals surface area contributed by atoms with E-state index in [2.05, 4.69) is 6.92 Å². The normalized spacial score (nSPS) is 11.5. The van der Waals surface area contributed by atoms with E-state index >= 15 is 0 Å². The highest BCUT2D eigenvalue weighted by molar-refractivity contribution is 7.10. The number of thiophene rings is 1. The van der Waals surface area contributed by atoms with Gasteiger partial charge in [-0.1, -0.05) is 13.3 Å². The molecule has 0 radical (unpaired) electrons. The zero-order valence-electron chi connectivity index (χ0n) is 9.79. The average molecular weight is 226 g/mol. The smallest absolute Gasteiger partial charge is 0.339 e. The predicted molar refractivity (Wildman–Crippen MR) is 63.5 cm³/mol. The molecule has 0 aliphatic rings. The van der Waals surface area contributed by atoms with Gasteiger partial charge in [-0.3, -0.25) is 0 Å². The molecule has 1 heterocycles. The third kappa shape index (κ3) is 4.04. The van der Waals surface area contributed by atoms with Crippen molar-refractivity contribution < 1.29 is 9.53 Å². The summed E-state index contributed by atoms with van der Waals surface area (Å²) in [7, 11) is 0. The largest absolute Gasteiger partial charge is 0.456 e. The molecular weight excluding hydrogens is 208 g/mol. The molecule has 0 atom stereocenters. The van der Waals surface area contributed by atoms with Crippen molar-refractivity contribution in [3.8, 4) is 0 Å². The van der Waals surface area contributed by atoms with Gasteiger partial charge in [0.25, 0.3) is 0 Å². The lowest BCUT2D eigenvalue weighted by Crippen LogP contribution is -2.23. The van der Waals surface area contributed by atoms with Crippen molar-refractivity contribution in [1.82, 2.24) is 0 Å². The van der Waals surface area contributed by atoms with Gasteiger partial charge in [-0.15, -0.1) is 11.3 Å². The van der Waals surface area contributed by atoms with Gasteiger partial charge in [0.05, 0.1) is 5.56 Å².